The van der Waals surface area contributed by atoms with E-state index in [2.05, 4.69) is 4.72 Å². The number of ether oxygens (including phenoxy) is 1. The van der Waals surface area contributed by atoms with E-state index in [1.54, 1.807) is 7.11 Å². The van der Waals surface area contributed by atoms with E-state index in [1.807, 2.05) is 11.9 Å². The summed E-state index contributed by atoms with van der Waals surface area (Å²) in [5.74, 6) is -1.24. The number of thiophene rings is 1. The number of likely N-dealkylation sites (N-methyl/N-ethyl adjacent to an activating group) is 1. The number of rotatable bonds is 9. The van der Waals surface area contributed by atoms with Crippen molar-refractivity contribution in [3.63, 3.8) is 0 Å². The van der Waals surface area contributed by atoms with Crippen LogP contribution < -0.4 is 4.72 Å². The third-order valence-corrected chi connectivity index (χ3v) is 5.11. The zero-order chi connectivity index (χ0) is 15.2. The number of nitrogens with one attached hydrogen (secondary N) is 1. The second-order valence-corrected chi connectivity index (χ2v) is 6.76. The molecule has 0 saturated carbocycles. The van der Waals surface area contributed by atoms with Crippen LogP contribution >= 0.6 is 11.3 Å². The highest BCUT2D eigenvalue weighted by Gasteiger charge is 2.23. The normalized spacial score (nSPS) is 11.9. The molecule has 0 fully saturated rings. The molecule has 0 saturated heterocycles. The van der Waals surface area contributed by atoms with Gasteiger partial charge in [-0.2, -0.15) is 0 Å². The van der Waals surface area contributed by atoms with E-state index >= 15 is 0 Å². The topological polar surface area (TPSA) is 95.9 Å². The molecule has 1 rings (SSSR count). The molecule has 0 aliphatic rings. The monoisotopic (exact) mass is 322 g/mol. The Morgan fingerprint density at radius 1 is 1.50 bits per heavy atom. The number of hydrogen-bond donors (Lipinski definition) is 2. The minimum Gasteiger partial charge on any atom is -0.477 e. The SMILES string of the molecule is COCCN(C)CCNS(=O)(=O)c1ccsc1C(=O)O. The van der Waals surface area contributed by atoms with Gasteiger partial charge in [0.25, 0.3) is 0 Å². The van der Waals surface area contributed by atoms with Crippen LogP contribution in [-0.2, 0) is 14.8 Å². The summed E-state index contributed by atoms with van der Waals surface area (Å²) in [6.45, 7) is 1.97. The Labute approximate surface area is 122 Å². The third-order valence-electron chi connectivity index (χ3n) is 2.58. The lowest BCUT2D eigenvalue weighted by molar-refractivity contribution is 0.0698. The van der Waals surface area contributed by atoms with Crippen molar-refractivity contribution in [2.24, 2.45) is 0 Å². The quantitative estimate of drug-likeness (QED) is 0.679. The molecule has 0 aliphatic heterocycles. The first-order valence-electron chi connectivity index (χ1n) is 5.86. The highest BCUT2D eigenvalue weighted by Crippen LogP contribution is 2.21. The number of nitrogens with zero attached hydrogens (tertiary/aromatic N) is 1. The van der Waals surface area contributed by atoms with Crippen LogP contribution in [0.2, 0.25) is 0 Å². The fourth-order valence-electron chi connectivity index (χ4n) is 1.47. The fraction of sp³-hybridized carbons (Fsp3) is 0.545. The lowest BCUT2D eigenvalue weighted by Gasteiger charge is -2.16. The number of sulfonamides is 1. The van der Waals surface area contributed by atoms with Crippen molar-refractivity contribution in [3.05, 3.63) is 16.3 Å². The largest absolute Gasteiger partial charge is 0.477 e. The van der Waals surface area contributed by atoms with Gasteiger partial charge in [-0.15, -0.1) is 11.3 Å². The molecule has 0 aliphatic carbocycles. The number of methoxy groups -OCH3 is 1. The average molecular weight is 322 g/mol. The van der Waals surface area contributed by atoms with Crippen LogP contribution in [0.1, 0.15) is 9.67 Å². The van der Waals surface area contributed by atoms with Gasteiger partial charge in [0.05, 0.1) is 6.61 Å². The summed E-state index contributed by atoms with van der Waals surface area (Å²) in [5, 5.41) is 10.4. The van der Waals surface area contributed by atoms with Crippen molar-refractivity contribution in [3.8, 4) is 0 Å². The predicted octanol–water partition coefficient (Wildman–Crippen LogP) is 0.303. The second kappa shape index (κ2) is 7.70. The number of aromatic carboxylic acids is 1. The van der Waals surface area contributed by atoms with Crippen molar-refractivity contribution in [1.82, 2.24) is 9.62 Å². The molecule has 7 nitrogen and oxygen atoms in total. The fourth-order valence-corrected chi connectivity index (χ4v) is 3.75. The summed E-state index contributed by atoms with van der Waals surface area (Å²) in [4.78, 5) is 12.5. The van der Waals surface area contributed by atoms with E-state index in [-0.39, 0.29) is 16.3 Å². The average Bonchev–Trinajstić information content (AvgIpc) is 2.86. The first-order chi connectivity index (χ1) is 9.38. The molecule has 1 heterocycles. The molecular weight excluding hydrogens is 304 g/mol. The van der Waals surface area contributed by atoms with Crippen molar-refractivity contribution < 1.29 is 23.1 Å². The summed E-state index contributed by atoms with van der Waals surface area (Å²) >= 11 is 0.890. The molecule has 0 atom stereocenters. The first-order valence-corrected chi connectivity index (χ1v) is 8.22. The maximum atomic E-state index is 12.0. The summed E-state index contributed by atoms with van der Waals surface area (Å²) in [6.07, 6.45) is 0. The Morgan fingerprint density at radius 3 is 2.80 bits per heavy atom. The maximum Gasteiger partial charge on any atom is 0.347 e. The Balaban J connectivity index is 2.58. The molecule has 9 heteroatoms. The summed E-state index contributed by atoms with van der Waals surface area (Å²) in [7, 11) is -0.342. The van der Waals surface area contributed by atoms with Gasteiger partial charge in [0.2, 0.25) is 10.0 Å². The molecule has 0 spiro atoms. The van der Waals surface area contributed by atoms with Gasteiger partial charge in [0, 0.05) is 26.7 Å². The zero-order valence-corrected chi connectivity index (χ0v) is 13.0. The summed E-state index contributed by atoms with van der Waals surface area (Å²) in [5.41, 5.74) is 0. The van der Waals surface area contributed by atoms with Gasteiger partial charge in [-0.1, -0.05) is 0 Å². The predicted molar refractivity (Wildman–Crippen MR) is 75.8 cm³/mol. The minimum atomic E-state index is -3.79. The van der Waals surface area contributed by atoms with Gasteiger partial charge in [-0.25, -0.2) is 17.9 Å². The van der Waals surface area contributed by atoms with Crippen molar-refractivity contribution in [1.29, 1.82) is 0 Å². The van der Waals surface area contributed by atoms with E-state index in [1.165, 1.54) is 11.4 Å². The van der Waals surface area contributed by atoms with E-state index in [9.17, 15) is 13.2 Å². The minimum absolute atomic E-state index is 0.176. The van der Waals surface area contributed by atoms with E-state index in [4.69, 9.17) is 9.84 Å². The Bertz CT molecular complexity index is 541. The van der Waals surface area contributed by atoms with Crippen LogP contribution in [0.4, 0.5) is 0 Å². The summed E-state index contributed by atoms with van der Waals surface area (Å²) in [6, 6.07) is 1.30. The number of carboxylic acid groups (broad SMARTS) is 1. The smallest absolute Gasteiger partial charge is 0.347 e. The standard InChI is InChI=1S/C11H18N2O5S2/c1-13(6-7-18-2)5-4-12-20(16,17)9-3-8-19-10(9)11(14)15/h3,8,12H,4-7H2,1-2H3,(H,14,15). The van der Waals surface area contributed by atoms with Gasteiger partial charge in [-0.3, -0.25) is 0 Å². The zero-order valence-electron chi connectivity index (χ0n) is 11.3. The highest BCUT2D eigenvalue weighted by atomic mass is 32.2. The van der Waals surface area contributed by atoms with E-state index in [0.717, 1.165) is 11.3 Å². The molecule has 0 bridgehead atoms. The number of carbonyl (C=O) groups is 1. The maximum absolute atomic E-state index is 12.0. The number of hydrogen-bond acceptors (Lipinski definition) is 6. The van der Waals surface area contributed by atoms with Crippen LogP contribution in [0.25, 0.3) is 0 Å². The van der Waals surface area contributed by atoms with E-state index in [0.29, 0.717) is 19.7 Å². The van der Waals surface area contributed by atoms with Crippen LogP contribution in [0.3, 0.4) is 0 Å². The van der Waals surface area contributed by atoms with Crippen LogP contribution in [0.5, 0.6) is 0 Å². The first kappa shape index (κ1) is 17.1. The van der Waals surface area contributed by atoms with Crippen molar-refractivity contribution in [2.45, 2.75) is 4.90 Å². The molecule has 1 aromatic rings. The van der Waals surface area contributed by atoms with Gasteiger partial charge in [0.1, 0.15) is 9.77 Å². The summed E-state index contributed by atoms with van der Waals surface area (Å²) < 4.78 is 31.3. The van der Waals surface area contributed by atoms with Crippen LogP contribution in [0.15, 0.2) is 16.3 Å². The third kappa shape index (κ3) is 4.84. The van der Waals surface area contributed by atoms with E-state index < -0.39 is 16.0 Å². The molecular formula is C11H18N2O5S2. The van der Waals surface area contributed by atoms with Crippen LogP contribution in [-0.4, -0.2) is 64.8 Å². The lowest BCUT2D eigenvalue weighted by atomic mass is 10.5. The molecule has 0 unspecified atom stereocenters. The highest BCUT2D eigenvalue weighted by molar-refractivity contribution is 7.89. The van der Waals surface area contributed by atoms with Gasteiger partial charge in [0.15, 0.2) is 0 Å². The molecule has 0 radical (unpaired) electrons. The molecule has 1 aromatic heterocycles. The Morgan fingerprint density at radius 2 is 2.20 bits per heavy atom. The van der Waals surface area contributed by atoms with Gasteiger partial charge in [-0.05, 0) is 18.5 Å². The molecule has 0 aromatic carbocycles. The van der Waals surface area contributed by atoms with Gasteiger partial charge < -0.3 is 14.7 Å². The molecule has 0 amide bonds. The molecule has 20 heavy (non-hydrogen) atoms. The van der Waals surface area contributed by atoms with Crippen LogP contribution in [0, 0.1) is 0 Å². The number of carboxylic acids is 1. The Hall–Kier alpha value is -1.00. The van der Waals surface area contributed by atoms with Crippen molar-refractivity contribution >= 4 is 27.3 Å². The molecule has 114 valence electrons. The Kier molecular flexibility index (Phi) is 6.56. The molecule has 2 N–H and O–H groups in total. The second-order valence-electron chi connectivity index (χ2n) is 4.11. The van der Waals surface area contributed by atoms with Crippen molar-refractivity contribution in [2.75, 3.05) is 40.4 Å². The van der Waals surface area contributed by atoms with Gasteiger partial charge >= 0.3 is 5.97 Å². The lowest BCUT2D eigenvalue weighted by Crippen LogP contribution is -2.34.